The molecule has 0 saturated carbocycles. The summed E-state index contributed by atoms with van der Waals surface area (Å²) in [6.45, 7) is 3.72. The average molecular weight is 254 g/mol. The molecule has 1 aliphatic rings. The third-order valence-corrected chi connectivity index (χ3v) is 2.69. The number of carbonyl (C=O) groups excluding carboxylic acids is 2. The second-order valence-corrected chi connectivity index (χ2v) is 4.58. The largest absolute Gasteiger partial charge is 0.480 e. The van der Waals surface area contributed by atoms with Gasteiger partial charge in [-0.3, -0.25) is 9.59 Å². The maximum atomic E-state index is 11.7. The lowest BCUT2D eigenvalue weighted by atomic mass is 10.1. The molecular weight excluding hydrogens is 236 g/mol. The van der Waals surface area contributed by atoms with Gasteiger partial charge in [-0.2, -0.15) is 0 Å². The number of carbonyl (C=O) groups is 3. The predicted molar refractivity (Wildman–Crippen MR) is 64.8 cm³/mol. The van der Waals surface area contributed by atoms with Crippen molar-refractivity contribution in [3.05, 3.63) is 11.6 Å². The van der Waals surface area contributed by atoms with E-state index in [1.807, 2.05) is 13.8 Å². The molecule has 6 nitrogen and oxygen atoms in total. The fourth-order valence-electron chi connectivity index (χ4n) is 1.66. The molecule has 2 atom stereocenters. The SMILES string of the molecule is CC(C)=CC[C@H](NC(=O)[C@@H]1CCC(=O)N1)C(=O)O. The van der Waals surface area contributed by atoms with Gasteiger partial charge in [0, 0.05) is 6.42 Å². The van der Waals surface area contributed by atoms with E-state index in [-0.39, 0.29) is 12.3 Å². The number of carboxylic acid groups (broad SMARTS) is 1. The fourth-order valence-corrected chi connectivity index (χ4v) is 1.66. The van der Waals surface area contributed by atoms with Gasteiger partial charge in [-0.05, 0) is 26.7 Å². The number of amides is 2. The van der Waals surface area contributed by atoms with Gasteiger partial charge in [0.15, 0.2) is 0 Å². The molecule has 1 heterocycles. The van der Waals surface area contributed by atoms with Crippen LogP contribution in [0.4, 0.5) is 0 Å². The molecule has 0 bridgehead atoms. The topological polar surface area (TPSA) is 95.5 Å². The lowest BCUT2D eigenvalue weighted by Gasteiger charge is -2.16. The molecule has 0 aromatic rings. The van der Waals surface area contributed by atoms with Crippen molar-refractivity contribution < 1.29 is 19.5 Å². The van der Waals surface area contributed by atoms with E-state index in [2.05, 4.69) is 10.6 Å². The van der Waals surface area contributed by atoms with Gasteiger partial charge in [-0.15, -0.1) is 0 Å². The van der Waals surface area contributed by atoms with Gasteiger partial charge >= 0.3 is 5.97 Å². The van der Waals surface area contributed by atoms with Gasteiger partial charge in [0.2, 0.25) is 11.8 Å². The lowest BCUT2D eigenvalue weighted by Crippen LogP contribution is -2.48. The van der Waals surface area contributed by atoms with E-state index in [1.165, 1.54) is 0 Å². The van der Waals surface area contributed by atoms with Crippen LogP contribution in [-0.2, 0) is 14.4 Å². The minimum Gasteiger partial charge on any atom is -0.480 e. The minimum atomic E-state index is -1.08. The molecule has 0 unspecified atom stereocenters. The first-order valence-electron chi connectivity index (χ1n) is 5.86. The summed E-state index contributed by atoms with van der Waals surface area (Å²) in [5, 5.41) is 13.9. The summed E-state index contributed by atoms with van der Waals surface area (Å²) >= 11 is 0. The molecule has 2 amide bonds. The molecule has 0 aliphatic carbocycles. The van der Waals surface area contributed by atoms with E-state index in [1.54, 1.807) is 6.08 Å². The number of aliphatic carboxylic acids is 1. The Morgan fingerprint density at radius 3 is 2.67 bits per heavy atom. The molecule has 6 heteroatoms. The first-order chi connectivity index (χ1) is 8.40. The molecular formula is C12H18N2O4. The van der Waals surface area contributed by atoms with Crippen molar-refractivity contribution in [2.24, 2.45) is 0 Å². The zero-order valence-corrected chi connectivity index (χ0v) is 10.5. The standard InChI is InChI=1S/C12H18N2O4/c1-7(2)3-4-9(12(17)18)14-11(16)8-5-6-10(15)13-8/h3,8-9H,4-6H2,1-2H3,(H,13,15)(H,14,16)(H,17,18)/t8-,9-/m0/s1. The molecule has 100 valence electrons. The molecule has 1 fully saturated rings. The molecule has 1 saturated heterocycles. The van der Waals surface area contributed by atoms with Gasteiger partial charge in [0.05, 0.1) is 0 Å². The number of hydrogen-bond acceptors (Lipinski definition) is 3. The molecule has 0 aromatic heterocycles. The van der Waals surface area contributed by atoms with Crippen molar-refractivity contribution in [2.45, 2.75) is 45.2 Å². The van der Waals surface area contributed by atoms with Crippen LogP contribution in [0.3, 0.4) is 0 Å². The summed E-state index contributed by atoms with van der Waals surface area (Å²) in [6.07, 6.45) is 2.72. The van der Waals surface area contributed by atoms with Crippen LogP contribution in [0.15, 0.2) is 11.6 Å². The van der Waals surface area contributed by atoms with E-state index in [4.69, 9.17) is 5.11 Å². The Morgan fingerprint density at radius 2 is 2.22 bits per heavy atom. The van der Waals surface area contributed by atoms with Crippen molar-refractivity contribution in [3.8, 4) is 0 Å². The molecule has 0 aromatic carbocycles. The summed E-state index contributed by atoms with van der Waals surface area (Å²) in [6, 6.07) is -1.56. The van der Waals surface area contributed by atoms with Gasteiger partial charge < -0.3 is 15.7 Å². The smallest absolute Gasteiger partial charge is 0.326 e. The van der Waals surface area contributed by atoms with Gasteiger partial charge in [-0.1, -0.05) is 11.6 Å². The van der Waals surface area contributed by atoms with Gasteiger partial charge in [0.1, 0.15) is 12.1 Å². The number of carboxylic acids is 1. The van der Waals surface area contributed by atoms with Crippen LogP contribution in [0.25, 0.3) is 0 Å². The van der Waals surface area contributed by atoms with Crippen LogP contribution in [0, 0.1) is 0 Å². The first kappa shape index (κ1) is 14.2. The number of allylic oxidation sites excluding steroid dienone is 1. The average Bonchev–Trinajstić information content (AvgIpc) is 2.70. The predicted octanol–water partition coefficient (Wildman–Crippen LogP) is 0.191. The summed E-state index contributed by atoms with van der Waals surface area (Å²) in [5.41, 5.74) is 0.990. The van der Waals surface area contributed by atoms with E-state index >= 15 is 0 Å². The zero-order chi connectivity index (χ0) is 13.7. The van der Waals surface area contributed by atoms with Crippen molar-refractivity contribution in [1.82, 2.24) is 10.6 Å². The van der Waals surface area contributed by atoms with E-state index < -0.39 is 24.0 Å². The highest BCUT2D eigenvalue weighted by Crippen LogP contribution is 2.07. The molecule has 0 radical (unpaired) electrons. The number of rotatable bonds is 5. The third-order valence-electron chi connectivity index (χ3n) is 2.69. The van der Waals surface area contributed by atoms with Gasteiger partial charge in [-0.25, -0.2) is 4.79 Å². The summed E-state index contributed by atoms with van der Waals surface area (Å²) < 4.78 is 0. The van der Waals surface area contributed by atoms with Crippen molar-refractivity contribution in [1.29, 1.82) is 0 Å². The van der Waals surface area contributed by atoms with Crippen molar-refractivity contribution in [2.75, 3.05) is 0 Å². The highest BCUT2D eigenvalue weighted by atomic mass is 16.4. The van der Waals surface area contributed by atoms with E-state index in [9.17, 15) is 14.4 Å². The monoisotopic (exact) mass is 254 g/mol. The molecule has 3 N–H and O–H groups in total. The maximum absolute atomic E-state index is 11.7. The lowest BCUT2D eigenvalue weighted by molar-refractivity contribution is -0.142. The maximum Gasteiger partial charge on any atom is 0.326 e. The Hall–Kier alpha value is -1.85. The summed E-state index contributed by atoms with van der Waals surface area (Å²) in [5.74, 6) is -1.69. The first-order valence-corrected chi connectivity index (χ1v) is 5.86. The fraction of sp³-hybridized carbons (Fsp3) is 0.583. The Kier molecular flexibility index (Phi) is 4.88. The molecule has 0 spiro atoms. The van der Waals surface area contributed by atoms with E-state index in [0.29, 0.717) is 12.8 Å². The van der Waals surface area contributed by atoms with Crippen LogP contribution in [0.5, 0.6) is 0 Å². The molecule has 1 rings (SSSR count). The molecule has 1 aliphatic heterocycles. The van der Waals surface area contributed by atoms with Crippen molar-refractivity contribution >= 4 is 17.8 Å². The third kappa shape index (κ3) is 4.20. The Labute approximate surface area is 105 Å². The molecule has 18 heavy (non-hydrogen) atoms. The second kappa shape index (κ2) is 6.18. The second-order valence-electron chi connectivity index (χ2n) is 4.58. The van der Waals surface area contributed by atoms with Gasteiger partial charge in [0.25, 0.3) is 0 Å². The Bertz CT molecular complexity index is 386. The van der Waals surface area contributed by atoms with Crippen LogP contribution in [-0.4, -0.2) is 35.0 Å². The van der Waals surface area contributed by atoms with E-state index in [0.717, 1.165) is 5.57 Å². The minimum absolute atomic E-state index is 0.175. The van der Waals surface area contributed by atoms with Crippen LogP contribution in [0.1, 0.15) is 33.1 Å². The summed E-state index contributed by atoms with van der Waals surface area (Å²) in [4.78, 5) is 33.7. The van der Waals surface area contributed by atoms with Crippen molar-refractivity contribution in [3.63, 3.8) is 0 Å². The Morgan fingerprint density at radius 1 is 1.56 bits per heavy atom. The zero-order valence-electron chi connectivity index (χ0n) is 10.5. The normalized spacial score (nSPS) is 19.9. The van der Waals surface area contributed by atoms with Crippen LogP contribution < -0.4 is 10.6 Å². The quantitative estimate of drug-likeness (QED) is 0.610. The number of nitrogens with one attached hydrogen (secondary N) is 2. The van der Waals surface area contributed by atoms with Crippen LogP contribution >= 0.6 is 0 Å². The highest BCUT2D eigenvalue weighted by Gasteiger charge is 2.29. The Balaban J connectivity index is 2.55. The van der Waals surface area contributed by atoms with Crippen LogP contribution in [0.2, 0.25) is 0 Å². The number of hydrogen-bond donors (Lipinski definition) is 3. The summed E-state index contributed by atoms with van der Waals surface area (Å²) in [7, 11) is 0. The highest BCUT2D eigenvalue weighted by molar-refractivity contribution is 5.92.